The molecule has 0 N–H and O–H groups in total. The van der Waals surface area contributed by atoms with Crippen molar-refractivity contribution in [3.63, 3.8) is 0 Å². The lowest BCUT2D eigenvalue weighted by Crippen LogP contribution is -2.10. The van der Waals surface area contributed by atoms with E-state index in [9.17, 15) is 9.59 Å². The summed E-state index contributed by atoms with van der Waals surface area (Å²) in [6.45, 7) is 5.47. The van der Waals surface area contributed by atoms with E-state index in [0.717, 1.165) is 16.5 Å². The molecule has 2 aromatic heterocycles. The van der Waals surface area contributed by atoms with Crippen LogP contribution < -0.4 is 10.4 Å². The van der Waals surface area contributed by atoms with Gasteiger partial charge in [0.1, 0.15) is 23.5 Å². The minimum Gasteiger partial charge on any atom is -0.485 e. The highest BCUT2D eigenvalue weighted by molar-refractivity contribution is 5.92. The summed E-state index contributed by atoms with van der Waals surface area (Å²) in [5.74, 6) is 0.550. The van der Waals surface area contributed by atoms with Crippen molar-refractivity contribution < 1.29 is 23.2 Å². The molecule has 0 aliphatic heterocycles. The molecule has 4 aromatic rings. The number of ether oxygens (including phenoxy) is 2. The summed E-state index contributed by atoms with van der Waals surface area (Å²) in [5.41, 5.74) is 2.71. The molecule has 8 nitrogen and oxygen atoms in total. The molecule has 0 aliphatic rings. The van der Waals surface area contributed by atoms with Gasteiger partial charge in [-0.1, -0.05) is 29.4 Å². The summed E-state index contributed by atoms with van der Waals surface area (Å²) in [6, 6.07) is 11.8. The van der Waals surface area contributed by atoms with Crippen molar-refractivity contribution >= 4 is 16.9 Å². The van der Waals surface area contributed by atoms with E-state index in [1.54, 1.807) is 31.2 Å². The largest absolute Gasteiger partial charge is 0.485 e. The fourth-order valence-corrected chi connectivity index (χ4v) is 3.17. The second-order valence-corrected chi connectivity index (χ2v) is 7.07. The topological polar surface area (TPSA) is 105 Å². The molecule has 0 amide bonds. The van der Waals surface area contributed by atoms with E-state index < -0.39 is 11.6 Å². The SMILES string of the molecule is Cc1nc(COc2ccccc2C(=O)OCc2cc(=O)oc3c(C)c(C)ccc23)no1. The van der Waals surface area contributed by atoms with Crippen molar-refractivity contribution in [2.45, 2.75) is 34.0 Å². The monoisotopic (exact) mass is 420 g/mol. The molecule has 0 saturated carbocycles. The van der Waals surface area contributed by atoms with E-state index in [4.69, 9.17) is 18.4 Å². The van der Waals surface area contributed by atoms with Gasteiger partial charge < -0.3 is 18.4 Å². The Morgan fingerprint density at radius 1 is 1.06 bits per heavy atom. The molecule has 31 heavy (non-hydrogen) atoms. The Labute approximate surface area is 177 Å². The molecule has 0 aliphatic carbocycles. The fraction of sp³-hybridized carbons (Fsp3) is 0.217. The third kappa shape index (κ3) is 4.32. The predicted octanol–water partition coefficient (Wildman–Crippen LogP) is 4.04. The number of fused-ring (bicyclic) bond motifs is 1. The van der Waals surface area contributed by atoms with Gasteiger partial charge >= 0.3 is 11.6 Å². The Hall–Kier alpha value is -3.94. The molecule has 2 heterocycles. The van der Waals surface area contributed by atoms with Crippen LogP contribution in [0.4, 0.5) is 0 Å². The lowest BCUT2D eigenvalue weighted by molar-refractivity contribution is 0.0468. The molecule has 0 bridgehead atoms. The summed E-state index contributed by atoms with van der Waals surface area (Å²) < 4.78 is 21.4. The molecule has 0 atom stereocenters. The highest BCUT2D eigenvalue weighted by Gasteiger charge is 2.17. The van der Waals surface area contributed by atoms with Crippen molar-refractivity contribution in [1.82, 2.24) is 10.1 Å². The van der Waals surface area contributed by atoms with Crippen LogP contribution in [0.2, 0.25) is 0 Å². The maximum absolute atomic E-state index is 12.7. The zero-order valence-corrected chi connectivity index (χ0v) is 17.3. The Morgan fingerprint density at radius 3 is 2.65 bits per heavy atom. The van der Waals surface area contributed by atoms with Gasteiger partial charge in [-0.15, -0.1) is 0 Å². The van der Waals surface area contributed by atoms with Crippen molar-refractivity contribution in [2.24, 2.45) is 0 Å². The fourth-order valence-electron chi connectivity index (χ4n) is 3.17. The predicted molar refractivity (Wildman–Crippen MR) is 111 cm³/mol. The second kappa shape index (κ2) is 8.43. The van der Waals surface area contributed by atoms with E-state index in [1.807, 2.05) is 26.0 Å². The quantitative estimate of drug-likeness (QED) is 0.340. The van der Waals surface area contributed by atoms with E-state index in [0.29, 0.717) is 28.6 Å². The molecule has 0 spiro atoms. The highest BCUT2D eigenvalue weighted by Crippen LogP contribution is 2.25. The van der Waals surface area contributed by atoms with Crippen LogP contribution in [-0.2, 0) is 18.0 Å². The number of rotatable bonds is 6. The minimum absolute atomic E-state index is 0.0463. The maximum Gasteiger partial charge on any atom is 0.342 e. The molecule has 0 radical (unpaired) electrons. The first-order valence-corrected chi connectivity index (χ1v) is 9.63. The molecule has 158 valence electrons. The molecule has 8 heteroatoms. The number of carbonyl (C=O) groups is 1. The Kier molecular flexibility index (Phi) is 5.53. The highest BCUT2D eigenvalue weighted by atomic mass is 16.5. The normalized spacial score (nSPS) is 10.9. The van der Waals surface area contributed by atoms with Gasteiger partial charge in [-0.2, -0.15) is 4.98 Å². The van der Waals surface area contributed by atoms with Gasteiger partial charge in [0.15, 0.2) is 6.61 Å². The van der Waals surface area contributed by atoms with Gasteiger partial charge in [0, 0.05) is 23.9 Å². The molecule has 0 saturated heterocycles. The van der Waals surface area contributed by atoms with E-state index in [2.05, 4.69) is 10.1 Å². The average Bonchev–Trinajstić information content (AvgIpc) is 3.18. The number of aromatic nitrogens is 2. The van der Waals surface area contributed by atoms with Crippen LogP contribution in [0.15, 0.2) is 56.2 Å². The van der Waals surface area contributed by atoms with Gasteiger partial charge in [-0.25, -0.2) is 9.59 Å². The van der Waals surface area contributed by atoms with Crippen LogP contribution in [-0.4, -0.2) is 16.1 Å². The van der Waals surface area contributed by atoms with Crippen LogP contribution in [0.25, 0.3) is 11.0 Å². The van der Waals surface area contributed by atoms with Crippen molar-refractivity contribution in [3.05, 3.63) is 86.9 Å². The lowest BCUT2D eigenvalue weighted by atomic mass is 10.0. The molecule has 2 aromatic carbocycles. The van der Waals surface area contributed by atoms with Crippen molar-refractivity contribution in [1.29, 1.82) is 0 Å². The number of nitrogens with zero attached hydrogens (tertiary/aromatic N) is 2. The minimum atomic E-state index is -0.579. The van der Waals surface area contributed by atoms with Crippen LogP contribution in [0.1, 0.15) is 38.8 Å². The summed E-state index contributed by atoms with van der Waals surface area (Å²) in [7, 11) is 0. The first kappa shape index (κ1) is 20.3. The Morgan fingerprint density at radius 2 is 1.87 bits per heavy atom. The van der Waals surface area contributed by atoms with E-state index in [-0.39, 0.29) is 18.8 Å². The summed E-state index contributed by atoms with van der Waals surface area (Å²) in [5, 5.41) is 4.50. The third-order valence-corrected chi connectivity index (χ3v) is 4.91. The van der Waals surface area contributed by atoms with Gasteiger partial charge in [-0.3, -0.25) is 0 Å². The third-order valence-electron chi connectivity index (χ3n) is 4.91. The van der Waals surface area contributed by atoms with Gasteiger partial charge in [0.2, 0.25) is 11.7 Å². The van der Waals surface area contributed by atoms with E-state index >= 15 is 0 Å². The smallest absolute Gasteiger partial charge is 0.342 e. The number of para-hydroxylation sites is 1. The summed E-state index contributed by atoms with van der Waals surface area (Å²) in [4.78, 5) is 28.8. The first-order valence-electron chi connectivity index (χ1n) is 9.63. The van der Waals surface area contributed by atoms with Crippen molar-refractivity contribution in [3.8, 4) is 5.75 Å². The number of benzene rings is 2. The number of aryl methyl sites for hydroxylation is 3. The number of hydrogen-bond acceptors (Lipinski definition) is 8. The standard InChI is InChI=1S/C23H20N2O6/c1-13-8-9-17-16(10-21(26)30-22(17)14(13)2)11-29-23(27)18-6-4-5-7-19(18)28-12-20-24-15(3)31-25-20/h4-10H,11-12H2,1-3H3. The number of hydrogen-bond donors (Lipinski definition) is 0. The average molecular weight is 420 g/mol. The summed E-state index contributed by atoms with van der Waals surface area (Å²) in [6.07, 6.45) is 0. The Balaban J connectivity index is 1.53. The van der Waals surface area contributed by atoms with Gasteiger partial charge in [0.05, 0.1) is 0 Å². The van der Waals surface area contributed by atoms with Crippen LogP contribution >= 0.6 is 0 Å². The molecule has 0 fully saturated rings. The maximum atomic E-state index is 12.7. The first-order chi connectivity index (χ1) is 14.9. The summed E-state index contributed by atoms with van der Waals surface area (Å²) >= 11 is 0. The lowest BCUT2D eigenvalue weighted by Gasteiger charge is -2.12. The Bertz CT molecular complexity index is 1320. The number of esters is 1. The van der Waals surface area contributed by atoms with Crippen LogP contribution in [0, 0.1) is 20.8 Å². The van der Waals surface area contributed by atoms with Gasteiger partial charge in [0.25, 0.3) is 0 Å². The molecular formula is C23H20N2O6. The van der Waals surface area contributed by atoms with E-state index in [1.165, 1.54) is 6.07 Å². The second-order valence-electron chi connectivity index (χ2n) is 7.07. The zero-order chi connectivity index (χ0) is 22.0. The van der Waals surface area contributed by atoms with Crippen LogP contribution in [0.3, 0.4) is 0 Å². The van der Waals surface area contributed by atoms with Crippen molar-refractivity contribution in [2.75, 3.05) is 0 Å². The molecular weight excluding hydrogens is 400 g/mol. The molecule has 4 rings (SSSR count). The number of carbonyl (C=O) groups excluding carboxylic acids is 1. The zero-order valence-electron chi connectivity index (χ0n) is 17.3. The van der Waals surface area contributed by atoms with Crippen LogP contribution in [0.5, 0.6) is 5.75 Å². The van der Waals surface area contributed by atoms with Gasteiger partial charge in [-0.05, 0) is 37.1 Å². The molecule has 0 unspecified atom stereocenters.